The highest BCUT2D eigenvalue weighted by Gasteiger charge is 2.46. The van der Waals surface area contributed by atoms with E-state index in [1.165, 1.54) is 9.80 Å². The largest absolute Gasteiger partial charge is 0.338 e. The van der Waals surface area contributed by atoms with Crippen molar-refractivity contribution < 1.29 is 14.4 Å². The van der Waals surface area contributed by atoms with Crippen molar-refractivity contribution in [1.82, 2.24) is 9.80 Å². The van der Waals surface area contributed by atoms with Crippen LogP contribution in [0.4, 0.5) is 4.79 Å². The van der Waals surface area contributed by atoms with Crippen molar-refractivity contribution in [2.24, 2.45) is 5.92 Å². The second-order valence-electron chi connectivity index (χ2n) is 8.02. The Bertz CT molecular complexity index is 982. The molecule has 30 heavy (non-hydrogen) atoms. The molecule has 1 unspecified atom stereocenters. The first-order chi connectivity index (χ1) is 14.5. The van der Waals surface area contributed by atoms with Gasteiger partial charge in [-0.3, -0.25) is 14.5 Å². The molecule has 0 N–H and O–H groups in total. The molecule has 3 aliphatic rings. The van der Waals surface area contributed by atoms with E-state index in [0.717, 1.165) is 42.4 Å². The van der Waals surface area contributed by atoms with Crippen LogP contribution < -0.4 is 0 Å². The normalized spacial score (nSPS) is 21.8. The predicted molar refractivity (Wildman–Crippen MR) is 115 cm³/mol. The fraction of sp³-hybridized carbons (Fsp3) is 0.320. The first-order valence-electron chi connectivity index (χ1n) is 10.5. The lowest BCUT2D eigenvalue weighted by Crippen LogP contribution is -2.58. The number of allylic oxidation sites excluding steroid dienone is 7. The molecule has 154 valence electrons. The minimum atomic E-state index is -0.873. The number of hydrogen-bond acceptors (Lipinski definition) is 3. The smallest absolute Gasteiger partial charge is 0.273 e. The molecule has 0 aromatic heterocycles. The Balaban J connectivity index is 1.66. The standard InChI is InChI=1S/C25H26N2O3/c1-18-12-14-20(15-13-18)17-26-23(28)22(16-19-8-4-2-5-9-19)24(29)27(25(26)30)21-10-6-3-7-11-21/h2,4,6,8,10-15,22H,3,5,7,9,16-17H2,1H3. The van der Waals surface area contributed by atoms with Crippen molar-refractivity contribution in [2.75, 3.05) is 0 Å². The van der Waals surface area contributed by atoms with Gasteiger partial charge in [-0.05, 0) is 50.7 Å². The molecule has 2 aliphatic carbocycles. The average molecular weight is 402 g/mol. The maximum Gasteiger partial charge on any atom is 0.338 e. The maximum absolute atomic E-state index is 13.3. The van der Waals surface area contributed by atoms with E-state index in [2.05, 4.69) is 6.08 Å². The van der Waals surface area contributed by atoms with Crippen LogP contribution in [0.25, 0.3) is 0 Å². The van der Waals surface area contributed by atoms with Gasteiger partial charge in [-0.1, -0.05) is 65.8 Å². The van der Waals surface area contributed by atoms with Crippen LogP contribution in [0.2, 0.25) is 0 Å². The Kier molecular flexibility index (Phi) is 5.79. The third-order valence-electron chi connectivity index (χ3n) is 5.77. The molecule has 0 saturated carbocycles. The van der Waals surface area contributed by atoms with Crippen LogP contribution in [-0.4, -0.2) is 27.6 Å². The molecular formula is C25H26N2O3. The zero-order valence-electron chi connectivity index (χ0n) is 17.2. The first kappa shape index (κ1) is 20.1. The lowest BCUT2D eigenvalue weighted by Gasteiger charge is -2.38. The highest BCUT2D eigenvalue weighted by Crippen LogP contribution is 2.31. The molecule has 1 aromatic carbocycles. The van der Waals surface area contributed by atoms with Crippen LogP contribution in [0.15, 0.2) is 72.0 Å². The lowest BCUT2D eigenvalue weighted by atomic mass is 9.90. The number of aryl methyl sites for hydroxylation is 1. The number of carbonyl (C=O) groups excluding carboxylic acids is 3. The van der Waals surface area contributed by atoms with E-state index in [0.29, 0.717) is 12.1 Å². The number of urea groups is 1. The van der Waals surface area contributed by atoms with Gasteiger partial charge >= 0.3 is 6.03 Å². The number of benzene rings is 1. The van der Waals surface area contributed by atoms with Gasteiger partial charge in [0, 0.05) is 5.70 Å². The molecule has 1 aromatic rings. The number of carbonyl (C=O) groups is 3. The molecule has 0 radical (unpaired) electrons. The molecule has 1 atom stereocenters. The number of nitrogens with zero attached hydrogens (tertiary/aromatic N) is 2. The monoisotopic (exact) mass is 402 g/mol. The van der Waals surface area contributed by atoms with Crippen molar-refractivity contribution in [3.05, 3.63) is 83.1 Å². The Morgan fingerprint density at radius 2 is 1.77 bits per heavy atom. The molecular weight excluding hydrogens is 376 g/mol. The minimum Gasteiger partial charge on any atom is -0.273 e. The summed E-state index contributed by atoms with van der Waals surface area (Å²) in [5, 5.41) is 0. The number of hydrogen-bond donors (Lipinski definition) is 0. The van der Waals surface area contributed by atoms with Gasteiger partial charge in [-0.25, -0.2) is 9.69 Å². The Morgan fingerprint density at radius 3 is 2.43 bits per heavy atom. The van der Waals surface area contributed by atoms with Crippen molar-refractivity contribution >= 4 is 17.8 Å². The Labute approximate surface area is 177 Å². The highest BCUT2D eigenvalue weighted by atomic mass is 16.2. The highest BCUT2D eigenvalue weighted by molar-refractivity contribution is 6.17. The third kappa shape index (κ3) is 4.06. The van der Waals surface area contributed by atoms with Crippen molar-refractivity contribution in [3.63, 3.8) is 0 Å². The summed E-state index contributed by atoms with van der Waals surface area (Å²) in [5.41, 5.74) is 3.62. The van der Waals surface area contributed by atoms with Crippen LogP contribution >= 0.6 is 0 Å². The summed E-state index contributed by atoms with van der Waals surface area (Å²) >= 11 is 0. The number of barbiturate groups is 1. The van der Waals surface area contributed by atoms with Crippen LogP contribution in [0.3, 0.4) is 0 Å². The van der Waals surface area contributed by atoms with Crippen LogP contribution in [0, 0.1) is 12.8 Å². The van der Waals surface area contributed by atoms with Gasteiger partial charge in [0.1, 0.15) is 5.92 Å². The summed E-state index contributed by atoms with van der Waals surface area (Å²) in [5.74, 6) is -1.70. The van der Waals surface area contributed by atoms with E-state index in [4.69, 9.17) is 0 Å². The third-order valence-corrected chi connectivity index (χ3v) is 5.77. The fourth-order valence-corrected chi connectivity index (χ4v) is 4.04. The lowest BCUT2D eigenvalue weighted by molar-refractivity contribution is -0.148. The second-order valence-corrected chi connectivity index (χ2v) is 8.02. The maximum atomic E-state index is 13.3. The summed E-state index contributed by atoms with van der Waals surface area (Å²) in [6, 6.07) is 7.19. The Hall–Kier alpha value is -3.21. The predicted octanol–water partition coefficient (Wildman–Crippen LogP) is 4.80. The van der Waals surface area contributed by atoms with E-state index < -0.39 is 23.8 Å². The van der Waals surface area contributed by atoms with Gasteiger partial charge < -0.3 is 0 Å². The van der Waals surface area contributed by atoms with Crippen molar-refractivity contribution in [1.29, 1.82) is 0 Å². The van der Waals surface area contributed by atoms with E-state index in [1.54, 1.807) is 6.08 Å². The van der Waals surface area contributed by atoms with E-state index in [1.807, 2.05) is 55.5 Å². The molecule has 0 bridgehead atoms. The zero-order chi connectivity index (χ0) is 21.1. The van der Waals surface area contributed by atoms with Crippen LogP contribution in [-0.2, 0) is 16.1 Å². The summed E-state index contributed by atoms with van der Waals surface area (Å²) in [6.45, 7) is 2.15. The van der Waals surface area contributed by atoms with Gasteiger partial charge in [-0.15, -0.1) is 0 Å². The molecule has 1 fully saturated rings. The quantitative estimate of drug-likeness (QED) is 0.665. The molecule has 4 amide bonds. The molecule has 1 aliphatic heterocycles. The molecule has 5 heteroatoms. The number of rotatable bonds is 5. The van der Waals surface area contributed by atoms with Crippen LogP contribution in [0.1, 0.15) is 43.2 Å². The molecule has 5 nitrogen and oxygen atoms in total. The first-order valence-corrected chi connectivity index (χ1v) is 10.5. The zero-order valence-corrected chi connectivity index (χ0v) is 17.2. The van der Waals surface area contributed by atoms with Gasteiger partial charge in [-0.2, -0.15) is 0 Å². The Morgan fingerprint density at radius 1 is 0.967 bits per heavy atom. The van der Waals surface area contributed by atoms with Gasteiger partial charge in [0.05, 0.1) is 6.54 Å². The fourth-order valence-electron chi connectivity index (χ4n) is 4.04. The summed E-state index contributed by atoms with van der Waals surface area (Å²) in [4.78, 5) is 42.3. The van der Waals surface area contributed by atoms with Gasteiger partial charge in [0.2, 0.25) is 11.8 Å². The van der Waals surface area contributed by atoms with Crippen LogP contribution in [0.5, 0.6) is 0 Å². The summed E-state index contributed by atoms with van der Waals surface area (Å²) < 4.78 is 0. The molecule has 1 heterocycles. The summed E-state index contributed by atoms with van der Waals surface area (Å²) in [6.07, 6.45) is 15.4. The van der Waals surface area contributed by atoms with E-state index in [9.17, 15) is 14.4 Å². The molecule has 1 saturated heterocycles. The van der Waals surface area contributed by atoms with Gasteiger partial charge in [0.15, 0.2) is 0 Å². The van der Waals surface area contributed by atoms with E-state index in [-0.39, 0.29) is 6.54 Å². The molecule has 0 spiro atoms. The summed E-state index contributed by atoms with van der Waals surface area (Å²) in [7, 11) is 0. The number of amides is 4. The topological polar surface area (TPSA) is 57.7 Å². The van der Waals surface area contributed by atoms with Crippen molar-refractivity contribution in [2.45, 2.75) is 45.6 Å². The number of imide groups is 2. The SMILES string of the molecule is Cc1ccc(CN2C(=O)C(CC3=CC=CCC3)C(=O)N(C3=CCCC=C3)C2=O)cc1. The minimum absolute atomic E-state index is 0.161. The average Bonchev–Trinajstić information content (AvgIpc) is 2.77. The van der Waals surface area contributed by atoms with Gasteiger partial charge in [0.25, 0.3) is 0 Å². The van der Waals surface area contributed by atoms with Crippen molar-refractivity contribution in [3.8, 4) is 0 Å². The second kappa shape index (κ2) is 8.66. The van der Waals surface area contributed by atoms with E-state index >= 15 is 0 Å². The molecule has 4 rings (SSSR count).